The average molecular weight is 207 g/mol. The Bertz CT molecular complexity index is 303. The minimum atomic E-state index is 0.0772. The quantitative estimate of drug-likeness (QED) is 0.823. The van der Waals surface area contributed by atoms with Crippen molar-refractivity contribution >= 4 is 0 Å². The molecule has 0 aliphatic rings. The zero-order chi connectivity index (χ0) is 11.5. The largest absolute Gasteiger partial charge is 0.497 e. The first-order chi connectivity index (χ1) is 7.01. The van der Waals surface area contributed by atoms with E-state index in [9.17, 15) is 0 Å². The summed E-state index contributed by atoms with van der Waals surface area (Å²) in [5.74, 6) is 0.875. The molecule has 1 unspecified atom stereocenters. The molecule has 2 heteroatoms. The van der Waals surface area contributed by atoms with Gasteiger partial charge in [0.1, 0.15) is 5.75 Å². The van der Waals surface area contributed by atoms with E-state index >= 15 is 0 Å². The Morgan fingerprint density at radius 2 is 1.80 bits per heavy atom. The van der Waals surface area contributed by atoms with Gasteiger partial charge < -0.3 is 10.5 Å². The summed E-state index contributed by atoms with van der Waals surface area (Å²) < 4.78 is 5.12. The Morgan fingerprint density at radius 3 is 2.20 bits per heavy atom. The van der Waals surface area contributed by atoms with Gasteiger partial charge in [-0.3, -0.25) is 0 Å². The first-order valence-electron chi connectivity index (χ1n) is 5.41. The van der Waals surface area contributed by atoms with Gasteiger partial charge in [-0.2, -0.15) is 0 Å². The molecule has 0 saturated carbocycles. The first kappa shape index (κ1) is 12.1. The molecule has 0 amide bonds. The minimum Gasteiger partial charge on any atom is -0.497 e. The molecule has 1 aromatic rings. The summed E-state index contributed by atoms with van der Waals surface area (Å²) in [6, 6.07) is 8.08. The van der Waals surface area contributed by atoms with E-state index in [-0.39, 0.29) is 11.5 Å². The van der Waals surface area contributed by atoms with Crippen molar-refractivity contribution in [1.29, 1.82) is 0 Å². The van der Waals surface area contributed by atoms with Crippen molar-refractivity contribution in [3.63, 3.8) is 0 Å². The maximum Gasteiger partial charge on any atom is 0.118 e. The van der Waals surface area contributed by atoms with Gasteiger partial charge in [-0.05, 0) is 29.5 Å². The second-order valence-electron chi connectivity index (χ2n) is 4.59. The molecule has 0 aliphatic heterocycles. The van der Waals surface area contributed by atoms with Crippen LogP contribution in [-0.4, -0.2) is 7.11 Å². The third-order valence-electron chi connectivity index (χ3n) is 3.23. The molecule has 0 saturated heterocycles. The van der Waals surface area contributed by atoms with Crippen LogP contribution in [0.5, 0.6) is 5.75 Å². The standard InChI is InChI=1S/C13H21NO/c1-5-13(2,3)12(14)10-6-8-11(15-4)9-7-10/h6-9,12H,5,14H2,1-4H3. The van der Waals surface area contributed by atoms with Crippen LogP contribution in [0.1, 0.15) is 38.8 Å². The fraction of sp³-hybridized carbons (Fsp3) is 0.538. The van der Waals surface area contributed by atoms with Gasteiger partial charge in [0.15, 0.2) is 0 Å². The smallest absolute Gasteiger partial charge is 0.118 e. The molecule has 0 bridgehead atoms. The van der Waals surface area contributed by atoms with Crippen molar-refractivity contribution in [2.45, 2.75) is 33.2 Å². The van der Waals surface area contributed by atoms with E-state index in [1.807, 2.05) is 24.3 Å². The monoisotopic (exact) mass is 207 g/mol. The number of ether oxygens (including phenoxy) is 1. The number of hydrogen-bond acceptors (Lipinski definition) is 2. The minimum absolute atomic E-state index is 0.0772. The maximum atomic E-state index is 6.23. The normalized spacial score (nSPS) is 13.7. The molecular weight excluding hydrogens is 186 g/mol. The van der Waals surface area contributed by atoms with E-state index in [4.69, 9.17) is 10.5 Å². The predicted octanol–water partition coefficient (Wildman–Crippen LogP) is 3.13. The van der Waals surface area contributed by atoms with E-state index in [0.29, 0.717) is 0 Å². The summed E-state index contributed by atoms with van der Waals surface area (Å²) in [6.45, 7) is 6.56. The Hall–Kier alpha value is -1.02. The molecule has 1 rings (SSSR count). The van der Waals surface area contributed by atoms with E-state index in [0.717, 1.165) is 12.2 Å². The van der Waals surface area contributed by atoms with Crippen molar-refractivity contribution in [2.24, 2.45) is 11.1 Å². The van der Waals surface area contributed by atoms with Crippen LogP contribution in [0.3, 0.4) is 0 Å². The molecular formula is C13H21NO. The van der Waals surface area contributed by atoms with E-state index in [1.54, 1.807) is 7.11 Å². The zero-order valence-corrected chi connectivity index (χ0v) is 10.1. The molecule has 0 radical (unpaired) electrons. The van der Waals surface area contributed by atoms with E-state index < -0.39 is 0 Å². The molecule has 1 atom stereocenters. The number of rotatable bonds is 4. The predicted molar refractivity (Wildman–Crippen MR) is 64.0 cm³/mol. The molecule has 2 nitrogen and oxygen atoms in total. The lowest BCUT2D eigenvalue weighted by Crippen LogP contribution is -2.28. The number of benzene rings is 1. The third-order valence-corrected chi connectivity index (χ3v) is 3.23. The Balaban J connectivity index is 2.87. The van der Waals surface area contributed by atoms with Gasteiger partial charge >= 0.3 is 0 Å². The Morgan fingerprint density at radius 1 is 1.27 bits per heavy atom. The number of methoxy groups -OCH3 is 1. The molecule has 0 aliphatic carbocycles. The van der Waals surface area contributed by atoms with Gasteiger partial charge in [-0.15, -0.1) is 0 Å². The van der Waals surface area contributed by atoms with Crippen LogP contribution >= 0.6 is 0 Å². The summed E-state index contributed by atoms with van der Waals surface area (Å²) in [7, 11) is 1.67. The lowest BCUT2D eigenvalue weighted by atomic mass is 9.79. The van der Waals surface area contributed by atoms with Crippen LogP contribution in [0.2, 0.25) is 0 Å². The van der Waals surface area contributed by atoms with Crippen molar-refractivity contribution in [2.75, 3.05) is 7.11 Å². The van der Waals surface area contributed by atoms with Crippen LogP contribution in [0.4, 0.5) is 0 Å². The van der Waals surface area contributed by atoms with Gasteiger partial charge in [-0.1, -0.05) is 32.9 Å². The van der Waals surface area contributed by atoms with Gasteiger partial charge in [0, 0.05) is 6.04 Å². The van der Waals surface area contributed by atoms with Crippen molar-refractivity contribution < 1.29 is 4.74 Å². The summed E-state index contributed by atoms with van der Waals surface area (Å²) in [6.07, 6.45) is 1.07. The molecule has 0 heterocycles. The van der Waals surface area contributed by atoms with E-state index in [1.165, 1.54) is 5.56 Å². The van der Waals surface area contributed by atoms with Crippen LogP contribution in [0, 0.1) is 5.41 Å². The summed E-state index contributed by atoms with van der Waals surface area (Å²) in [5.41, 5.74) is 7.54. The zero-order valence-electron chi connectivity index (χ0n) is 10.1. The van der Waals surface area contributed by atoms with Crippen LogP contribution < -0.4 is 10.5 Å². The number of hydrogen-bond donors (Lipinski definition) is 1. The van der Waals surface area contributed by atoms with Crippen LogP contribution in [-0.2, 0) is 0 Å². The third kappa shape index (κ3) is 2.72. The van der Waals surface area contributed by atoms with Crippen molar-refractivity contribution in [3.05, 3.63) is 29.8 Å². The maximum absolute atomic E-state index is 6.23. The fourth-order valence-corrected chi connectivity index (χ4v) is 1.48. The highest BCUT2D eigenvalue weighted by Crippen LogP contribution is 2.34. The average Bonchev–Trinajstić information content (AvgIpc) is 2.28. The molecule has 0 spiro atoms. The lowest BCUT2D eigenvalue weighted by Gasteiger charge is -2.30. The van der Waals surface area contributed by atoms with Crippen LogP contribution in [0.25, 0.3) is 0 Å². The second kappa shape index (κ2) is 4.67. The SMILES string of the molecule is CCC(C)(C)C(N)c1ccc(OC)cc1. The second-order valence-corrected chi connectivity index (χ2v) is 4.59. The highest BCUT2D eigenvalue weighted by atomic mass is 16.5. The Kier molecular flexibility index (Phi) is 3.75. The van der Waals surface area contributed by atoms with Gasteiger partial charge in [0.2, 0.25) is 0 Å². The summed E-state index contributed by atoms with van der Waals surface area (Å²) in [4.78, 5) is 0. The lowest BCUT2D eigenvalue weighted by molar-refractivity contribution is 0.278. The molecule has 1 aromatic carbocycles. The molecule has 0 aromatic heterocycles. The highest BCUT2D eigenvalue weighted by Gasteiger charge is 2.25. The van der Waals surface area contributed by atoms with E-state index in [2.05, 4.69) is 20.8 Å². The van der Waals surface area contributed by atoms with Crippen molar-refractivity contribution in [1.82, 2.24) is 0 Å². The summed E-state index contributed by atoms with van der Waals surface area (Å²) >= 11 is 0. The van der Waals surface area contributed by atoms with Gasteiger partial charge in [-0.25, -0.2) is 0 Å². The van der Waals surface area contributed by atoms with Gasteiger partial charge in [0.25, 0.3) is 0 Å². The highest BCUT2D eigenvalue weighted by molar-refractivity contribution is 5.29. The molecule has 15 heavy (non-hydrogen) atoms. The Labute approximate surface area is 92.4 Å². The molecule has 0 fully saturated rings. The fourth-order valence-electron chi connectivity index (χ4n) is 1.48. The summed E-state index contributed by atoms with van der Waals surface area (Å²) in [5, 5.41) is 0. The molecule has 84 valence electrons. The van der Waals surface area contributed by atoms with Crippen LogP contribution in [0.15, 0.2) is 24.3 Å². The first-order valence-corrected chi connectivity index (χ1v) is 5.41. The van der Waals surface area contributed by atoms with Crippen molar-refractivity contribution in [3.8, 4) is 5.75 Å². The number of nitrogens with two attached hydrogens (primary N) is 1. The topological polar surface area (TPSA) is 35.2 Å². The van der Waals surface area contributed by atoms with Gasteiger partial charge in [0.05, 0.1) is 7.11 Å². The molecule has 2 N–H and O–H groups in total.